The highest BCUT2D eigenvalue weighted by molar-refractivity contribution is 6.26. The predicted octanol–water partition coefficient (Wildman–Crippen LogP) is 5.15. The molecule has 0 heterocycles. The number of hydrogen-bond donors (Lipinski definition) is 1. The van der Waals surface area contributed by atoms with Crippen LogP contribution in [0.5, 0.6) is 5.75 Å². The van der Waals surface area contributed by atoms with Crippen molar-refractivity contribution < 1.29 is 23.1 Å². The average Bonchev–Trinajstić information content (AvgIpc) is 3.14. The molecule has 2 aliphatic carbocycles. The molecule has 0 amide bonds. The molecule has 1 aromatic carbocycles. The number of benzene rings is 1. The van der Waals surface area contributed by atoms with Gasteiger partial charge >= 0.3 is 6.36 Å². The molecule has 0 saturated heterocycles. The highest BCUT2D eigenvalue weighted by atomic mass is 19.4. The zero-order chi connectivity index (χ0) is 16.4. The van der Waals surface area contributed by atoms with Gasteiger partial charge in [-0.05, 0) is 49.3 Å². The van der Waals surface area contributed by atoms with Gasteiger partial charge in [0.15, 0.2) is 0 Å². The third kappa shape index (κ3) is 3.51. The number of alkyl halides is 3. The van der Waals surface area contributed by atoms with E-state index in [1.165, 1.54) is 36.6 Å². The Kier molecular flexibility index (Phi) is 4.33. The van der Waals surface area contributed by atoms with E-state index in [-0.39, 0.29) is 5.75 Å². The molecule has 0 radical (unpaired) electrons. The molecule has 124 valence electrons. The molecular formula is C17H18F3NO2. The zero-order valence-electron chi connectivity index (χ0n) is 12.6. The van der Waals surface area contributed by atoms with Gasteiger partial charge in [-0.2, -0.15) is 0 Å². The fourth-order valence-electron chi connectivity index (χ4n) is 3.67. The Morgan fingerprint density at radius 1 is 1.13 bits per heavy atom. The largest absolute Gasteiger partial charge is 0.573 e. The molecule has 0 aromatic heterocycles. The van der Waals surface area contributed by atoms with E-state index in [4.69, 9.17) is 0 Å². The van der Waals surface area contributed by atoms with Crippen LogP contribution in [0.4, 0.5) is 13.2 Å². The first kappa shape index (κ1) is 15.9. The van der Waals surface area contributed by atoms with Crippen molar-refractivity contribution in [2.24, 2.45) is 11.1 Å². The van der Waals surface area contributed by atoms with E-state index < -0.39 is 6.36 Å². The lowest BCUT2D eigenvalue weighted by atomic mass is 9.91. The van der Waals surface area contributed by atoms with E-state index >= 15 is 0 Å². The van der Waals surface area contributed by atoms with Gasteiger partial charge in [0.1, 0.15) is 5.75 Å². The molecule has 1 saturated carbocycles. The van der Waals surface area contributed by atoms with Gasteiger partial charge in [-0.3, -0.25) is 0 Å². The van der Waals surface area contributed by atoms with Crippen LogP contribution < -0.4 is 4.74 Å². The number of oxime groups is 1. The minimum Gasteiger partial charge on any atom is -0.411 e. The van der Waals surface area contributed by atoms with Gasteiger partial charge < -0.3 is 9.94 Å². The molecule has 23 heavy (non-hydrogen) atoms. The molecule has 6 heteroatoms. The average molecular weight is 325 g/mol. The first-order valence-corrected chi connectivity index (χ1v) is 7.78. The lowest BCUT2D eigenvalue weighted by Crippen LogP contribution is -2.17. The third-order valence-corrected chi connectivity index (χ3v) is 4.57. The Hall–Kier alpha value is -1.98. The first-order chi connectivity index (χ1) is 11.0. The number of halogens is 3. The maximum absolute atomic E-state index is 12.4. The summed E-state index contributed by atoms with van der Waals surface area (Å²) in [5, 5.41) is 12.6. The van der Waals surface area contributed by atoms with Crippen molar-refractivity contribution in [1.82, 2.24) is 0 Å². The van der Waals surface area contributed by atoms with E-state index in [1.54, 1.807) is 6.07 Å². The second-order valence-electron chi connectivity index (χ2n) is 6.00. The molecule has 2 aliphatic rings. The zero-order valence-corrected chi connectivity index (χ0v) is 12.6. The van der Waals surface area contributed by atoms with Gasteiger partial charge in [-0.1, -0.05) is 35.7 Å². The molecule has 1 aromatic rings. The number of nitrogens with zero attached hydrogens (tertiary/aromatic N) is 1. The molecule has 0 unspecified atom stereocenters. The molecule has 3 rings (SSSR count). The third-order valence-electron chi connectivity index (χ3n) is 4.57. The van der Waals surface area contributed by atoms with Gasteiger partial charge in [0, 0.05) is 5.57 Å². The Morgan fingerprint density at radius 2 is 1.87 bits per heavy atom. The lowest BCUT2D eigenvalue weighted by molar-refractivity contribution is -0.274. The fraction of sp³-hybridized carbons (Fsp3) is 0.471. The van der Waals surface area contributed by atoms with E-state index in [0.717, 1.165) is 24.8 Å². The summed E-state index contributed by atoms with van der Waals surface area (Å²) in [6.07, 6.45) is 1.25. The van der Waals surface area contributed by atoms with Gasteiger partial charge in [-0.15, -0.1) is 13.2 Å². The SMILES string of the molecule is ON=C1CCC(C2CCCC2)=C1c1cccc(OC(F)(F)F)c1. The van der Waals surface area contributed by atoms with Crippen molar-refractivity contribution in [3.63, 3.8) is 0 Å². The summed E-state index contributed by atoms with van der Waals surface area (Å²) in [6, 6.07) is 5.92. The number of rotatable bonds is 3. The van der Waals surface area contributed by atoms with Crippen LogP contribution in [-0.2, 0) is 0 Å². The van der Waals surface area contributed by atoms with Crippen molar-refractivity contribution in [2.45, 2.75) is 44.9 Å². The number of ether oxygens (including phenoxy) is 1. The lowest BCUT2D eigenvalue weighted by Gasteiger charge is -2.15. The summed E-state index contributed by atoms with van der Waals surface area (Å²) in [5.41, 5.74) is 3.18. The second kappa shape index (κ2) is 6.26. The topological polar surface area (TPSA) is 41.8 Å². The smallest absolute Gasteiger partial charge is 0.411 e. The normalized spacial score (nSPS) is 21.4. The summed E-state index contributed by atoms with van der Waals surface area (Å²) in [5.74, 6) is 0.189. The number of hydrogen-bond acceptors (Lipinski definition) is 3. The molecule has 1 fully saturated rings. The minimum atomic E-state index is -4.72. The Morgan fingerprint density at radius 3 is 2.52 bits per heavy atom. The highest BCUT2D eigenvalue weighted by Gasteiger charge is 2.33. The van der Waals surface area contributed by atoms with Crippen LogP contribution in [-0.4, -0.2) is 17.3 Å². The van der Waals surface area contributed by atoms with E-state index in [2.05, 4.69) is 9.89 Å². The van der Waals surface area contributed by atoms with Crippen molar-refractivity contribution >= 4 is 11.3 Å². The van der Waals surface area contributed by atoms with Crippen LogP contribution in [0, 0.1) is 5.92 Å². The molecule has 3 nitrogen and oxygen atoms in total. The van der Waals surface area contributed by atoms with E-state index in [9.17, 15) is 18.4 Å². The summed E-state index contributed by atoms with van der Waals surface area (Å²) in [6.45, 7) is 0. The van der Waals surface area contributed by atoms with Gasteiger partial charge in [0.25, 0.3) is 0 Å². The maximum Gasteiger partial charge on any atom is 0.573 e. The Labute approximate surface area is 132 Å². The molecule has 0 spiro atoms. The highest BCUT2D eigenvalue weighted by Crippen LogP contribution is 2.43. The van der Waals surface area contributed by atoms with Crippen molar-refractivity contribution in [3.05, 3.63) is 35.4 Å². The Bertz CT molecular complexity index is 643. The first-order valence-electron chi connectivity index (χ1n) is 7.78. The van der Waals surface area contributed by atoms with Crippen molar-refractivity contribution in [1.29, 1.82) is 0 Å². The van der Waals surface area contributed by atoms with Crippen LogP contribution in [0.15, 0.2) is 35.0 Å². The standard InChI is InChI=1S/C17H18F3NO2/c18-17(19,20)23-13-7-3-6-12(10-13)16-14(8-9-15(16)21-22)11-4-1-2-5-11/h3,6-7,10-11,22H,1-2,4-5,8-9H2. The predicted molar refractivity (Wildman–Crippen MR) is 80.5 cm³/mol. The van der Waals surface area contributed by atoms with Crippen molar-refractivity contribution in [2.75, 3.05) is 0 Å². The van der Waals surface area contributed by atoms with Crippen LogP contribution in [0.25, 0.3) is 5.57 Å². The fourth-order valence-corrected chi connectivity index (χ4v) is 3.67. The minimum absolute atomic E-state index is 0.252. The van der Waals surface area contributed by atoms with E-state index in [0.29, 0.717) is 23.6 Å². The molecule has 0 bridgehead atoms. The molecule has 0 atom stereocenters. The van der Waals surface area contributed by atoms with Gasteiger partial charge in [0.05, 0.1) is 5.71 Å². The Balaban J connectivity index is 1.99. The van der Waals surface area contributed by atoms with Crippen LogP contribution in [0.2, 0.25) is 0 Å². The second-order valence-corrected chi connectivity index (χ2v) is 6.00. The van der Waals surface area contributed by atoms with Crippen molar-refractivity contribution in [3.8, 4) is 5.75 Å². The maximum atomic E-state index is 12.4. The van der Waals surface area contributed by atoms with Crippen LogP contribution in [0.3, 0.4) is 0 Å². The monoisotopic (exact) mass is 325 g/mol. The quantitative estimate of drug-likeness (QED) is 0.616. The summed E-state index contributed by atoms with van der Waals surface area (Å²) < 4.78 is 41.3. The summed E-state index contributed by atoms with van der Waals surface area (Å²) >= 11 is 0. The summed E-state index contributed by atoms with van der Waals surface area (Å²) in [7, 11) is 0. The summed E-state index contributed by atoms with van der Waals surface area (Å²) in [4.78, 5) is 0. The van der Waals surface area contributed by atoms with Gasteiger partial charge in [-0.25, -0.2) is 0 Å². The molecule has 0 aliphatic heterocycles. The molecular weight excluding hydrogens is 307 g/mol. The number of allylic oxidation sites excluding steroid dienone is 2. The van der Waals surface area contributed by atoms with Gasteiger partial charge in [0.2, 0.25) is 0 Å². The van der Waals surface area contributed by atoms with E-state index in [1.807, 2.05) is 0 Å². The van der Waals surface area contributed by atoms with Crippen LogP contribution in [0.1, 0.15) is 44.1 Å². The molecule has 1 N–H and O–H groups in total. The van der Waals surface area contributed by atoms with Crippen LogP contribution >= 0.6 is 0 Å².